The van der Waals surface area contributed by atoms with Gasteiger partial charge in [-0.15, -0.1) is 10.2 Å². The highest BCUT2D eigenvalue weighted by atomic mass is 35.5. The maximum atomic E-state index is 12.4. The number of carbonyl (C=O) groups excluding carboxylic acids is 1. The molecule has 0 radical (unpaired) electrons. The van der Waals surface area contributed by atoms with Gasteiger partial charge in [-0.3, -0.25) is 10.1 Å². The molecule has 0 aliphatic rings. The summed E-state index contributed by atoms with van der Waals surface area (Å²) in [6.45, 7) is 6.26. The van der Waals surface area contributed by atoms with Gasteiger partial charge >= 0.3 is 0 Å². The molecule has 196 valence electrons. The summed E-state index contributed by atoms with van der Waals surface area (Å²) < 4.78 is 5.79. The number of nitrogens with zero attached hydrogens (tertiary/aromatic N) is 3. The van der Waals surface area contributed by atoms with E-state index in [1.807, 2.05) is 49.4 Å². The number of hydrogen-bond donors (Lipinski definition) is 2. The molecule has 3 aromatic carbocycles. The third kappa shape index (κ3) is 6.25. The summed E-state index contributed by atoms with van der Waals surface area (Å²) in [7, 11) is 0. The van der Waals surface area contributed by atoms with E-state index in [-0.39, 0.29) is 11.0 Å². The van der Waals surface area contributed by atoms with Gasteiger partial charge in [-0.1, -0.05) is 37.6 Å². The summed E-state index contributed by atoms with van der Waals surface area (Å²) in [6, 6.07) is 23.0. The number of aromatic nitrogens is 3. The number of aryl methyl sites for hydroxylation is 1. The van der Waals surface area contributed by atoms with Crippen LogP contribution in [0.25, 0.3) is 34.1 Å². The highest BCUT2D eigenvalue weighted by Gasteiger charge is 2.11. The van der Waals surface area contributed by atoms with Crippen molar-refractivity contribution in [2.75, 3.05) is 5.32 Å². The van der Waals surface area contributed by atoms with Gasteiger partial charge < -0.3 is 9.73 Å². The zero-order valence-electron chi connectivity index (χ0n) is 21.6. The number of halogens is 1. The summed E-state index contributed by atoms with van der Waals surface area (Å²) in [4.78, 5) is 14.1. The fourth-order valence-corrected chi connectivity index (χ4v) is 4.32. The van der Waals surface area contributed by atoms with Crippen molar-refractivity contribution in [3.63, 3.8) is 0 Å². The van der Waals surface area contributed by atoms with E-state index in [1.54, 1.807) is 29.1 Å². The second-order valence-electron chi connectivity index (χ2n) is 9.38. The first-order chi connectivity index (χ1) is 18.7. The normalized spacial score (nSPS) is 11.4. The molecule has 39 heavy (non-hydrogen) atoms. The Kier molecular flexibility index (Phi) is 7.58. The Morgan fingerprint density at radius 2 is 1.69 bits per heavy atom. The number of rotatable bonds is 6. The molecule has 2 heterocycles. The minimum atomic E-state index is -0.383. The van der Waals surface area contributed by atoms with E-state index < -0.39 is 0 Å². The molecule has 0 saturated heterocycles. The number of fused-ring (bicyclic) bond motifs is 1. The number of amides is 1. The van der Waals surface area contributed by atoms with Crippen LogP contribution in [0.4, 0.5) is 5.69 Å². The van der Waals surface area contributed by atoms with Crippen LogP contribution in [0, 0.1) is 6.92 Å². The lowest BCUT2D eigenvalue weighted by Gasteiger charge is -2.10. The van der Waals surface area contributed by atoms with E-state index in [1.165, 1.54) is 11.6 Å². The Morgan fingerprint density at radius 3 is 2.38 bits per heavy atom. The van der Waals surface area contributed by atoms with Gasteiger partial charge in [0.05, 0.1) is 5.69 Å². The lowest BCUT2D eigenvalue weighted by Crippen LogP contribution is -2.33. The smallest absolute Gasteiger partial charge is 0.250 e. The molecule has 0 saturated carbocycles. The van der Waals surface area contributed by atoms with E-state index in [4.69, 9.17) is 28.2 Å². The first kappa shape index (κ1) is 26.3. The van der Waals surface area contributed by atoms with Crippen LogP contribution in [0.2, 0.25) is 5.02 Å². The third-order valence-electron chi connectivity index (χ3n) is 6.16. The van der Waals surface area contributed by atoms with Gasteiger partial charge in [-0.2, -0.15) is 4.80 Å². The minimum Gasteiger partial charge on any atom is -0.457 e. The van der Waals surface area contributed by atoms with Crippen LogP contribution in [0.15, 0.2) is 83.3 Å². The predicted octanol–water partition coefficient (Wildman–Crippen LogP) is 7.29. The number of carbonyl (C=O) groups is 1. The second kappa shape index (κ2) is 11.2. The molecule has 0 fully saturated rings. The van der Waals surface area contributed by atoms with Gasteiger partial charge in [-0.25, -0.2) is 0 Å². The van der Waals surface area contributed by atoms with E-state index in [0.29, 0.717) is 28.0 Å². The van der Waals surface area contributed by atoms with Crippen molar-refractivity contribution in [1.29, 1.82) is 0 Å². The van der Waals surface area contributed by atoms with Crippen LogP contribution in [-0.2, 0) is 4.79 Å². The number of hydrogen-bond acceptors (Lipinski definition) is 5. The van der Waals surface area contributed by atoms with Crippen LogP contribution in [0.3, 0.4) is 0 Å². The summed E-state index contributed by atoms with van der Waals surface area (Å²) in [5.74, 6) is 1.29. The van der Waals surface area contributed by atoms with Crippen LogP contribution in [-0.4, -0.2) is 26.0 Å². The predicted molar refractivity (Wildman–Crippen MR) is 160 cm³/mol. The Bertz CT molecular complexity index is 1690. The lowest BCUT2D eigenvalue weighted by molar-refractivity contribution is -0.115. The molecule has 0 atom stereocenters. The van der Waals surface area contributed by atoms with Crippen LogP contribution in [0.1, 0.15) is 36.7 Å². The summed E-state index contributed by atoms with van der Waals surface area (Å²) in [5.41, 5.74) is 6.16. The highest BCUT2D eigenvalue weighted by molar-refractivity contribution is 7.80. The molecular weight excluding hydrogens is 530 g/mol. The second-order valence-corrected chi connectivity index (χ2v) is 10.2. The quantitative estimate of drug-likeness (QED) is 0.169. The van der Waals surface area contributed by atoms with Crippen LogP contribution < -0.4 is 10.6 Å². The third-order valence-corrected chi connectivity index (χ3v) is 6.61. The molecule has 5 aromatic rings. The average Bonchev–Trinajstić information content (AvgIpc) is 3.55. The SMILES string of the molecule is Cc1cc2nn(-c3ccc(C(C)C)cc3)nc2cc1NC(=S)NC(=O)C=Cc1ccc(-c2ccc(Cl)cc2)o1. The van der Waals surface area contributed by atoms with Crippen molar-refractivity contribution >= 4 is 57.6 Å². The van der Waals surface area contributed by atoms with E-state index in [9.17, 15) is 4.79 Å². The van der Waals surface area contributed by atoms with Crippen LogP contribution in [0.5, 0.6) is 0 Å². The van der Waals surface area contributed by atoms with Crippen molar-refractivity contribution in [1.82, 2.24) is 20.3 Å². The molecule has 1 amide bonds. The lowest BCUT2D eigenvalue weighted by atomic mass is 10.0. The largest absolute Gasteiger partial charge is 0.457 e. The standard InChI is InChI=1S/C30H26ClN5O2S/c1-18(2)20-6-10-23(11-7-20)36-34-26-16-19(3)25(17-27(26)35-36)32-30(39)33-29(37)15-13-24-12-14-28(38-24)21-4-8-22(31)9-5-21/h4-18H,1-3H3,(H2,32,33,37,39). The number of anilines is 1. The van der Waals surface area contributed by atoms with Gasteiger partial charge in [0.25, 0.3) is 0 Å². The van der Waals surface area contributed by atoms with Crippen molar-refractivity contribution < 1.29 is 9.21 Å². The molecule has 0 unspecified atom stereocenters. The minimum absolute atomic E-state index is 0.171. The van der Waals surface area contributed by atoms with E-state index in [2.05, 4.69) is 46.8 Å². The Hall–Kier alpha value is -4.27. The first-order valence-electron chi connectivity index (χ1n) is 12.4. The zero-order chi connectivity index (χ0) is 27.5. The van der Waals surface area contributed by atoms with Gasteiger partial charge in [-0.05, 0) is 103 Å². The molecule has 2 N–H and O–H groups in total. The number of thiocarbonyl (C=S) groups is 1. The maximum absolute atomic E-state index is 12.4. The topological polar surface area (TPSA) is 85.0 Å². The Labute approximate surface area is 236 Å². The van der Waals surface area contributed by atoms with Gasteiger partial charge in [0, 0.05) is 22.3 Å². The number of furan rings is 1. The van der Waals surface area contributed by atoms with Crippen molar-refractivity contribution in [2.45, 2.75) is 26.7 Å². The zero-order valence-corrected chi connectivity index (χ0v) is 23.2. The molecule has 7 nitrogen and oxygen atoms in total. The first-order valence-corrected chi connectivity index (χ1v) is 13.2. The monoisotopic (exact) mass is 555 g/mol. The molecular formula is C30H26ClN5O2S. The van der Waals surface area contributed by atoms with E-state index in [0.717, 1.165) is 28.0 Å². The summed E-state index contributed by atoms with van der Waals surface area (Å²) >= 11 is 11.3. The highest BCUT2D eigenvalue weighted by Crippen LogP contribution is 2.25. The molecule has 0 aliphatic carbocycles. The Balaban J connectivity index is 1.22. The maximum Gasteiger partial charge on any atom is 0.250 e. The van der Waals surface area contributed by atoms with Crippen molar-refractivity contribution in [3.8, 4) is 17.0 Å². The molecule has 9 heteroatoms. The van der Waals surface area contributed by atoms with Crippen molar-refractivity contribution in [2.24, 2.45) is 0 Å². The van der Waals surface area contributed by atoms with Crippen molar-refractivity contribution in [3.05, 3.63) is 101 Å². The molecule has 0 bridgehead atoms. The average molecular weight is 556 g/mol. The van der Waals surface area contributed by atoms with Gasteiger partial charge in [0.2, 0.25) is 5.91 Å². The summed E-state index contributed by atoms with van der Waals surface area (Å²) in [5, 5.41) is 15.8. The Morgan fingerprint density at radius 1 is 1.00 bits per heavy atom. The molecule has 2 aromatic heterocycles. The summed E-state index contributed by atoms with van der Waals surface area (Å²) in [6.07, 6.45) is 2.95. The fourth-order valence-electron chi connectivity index (χ4n) is 3.99. The van der Waals surface area contributed by atoms with E-state index >= 15 is 0 Å². The number of nitrogens with one attached hydrogen (secondary N) is 2. The van der Waals surface area contributed by atoms with Gasteiger partial charge in [0.1, 0.15) is 22.6 Å². The van der Waals surface area contributed by atoms with Gasteiger partial charge in [0.15, 0.2) is 5.11 Å². The molecule has 0 aliphatic heterocycles. The molecule has 5 rings (SSSR count). The molecule has 0 spiro atoms. The fraction of sp³-hybridized carbons (Fsp3) is 0.133. The van der Waals surface area contributed by atoms with Crippen LogP contribution >= 0.6 is 23.8 Å². The number of benzene rings is 3.